The third-order valence-corrected chi connectivity index (χ3v) is 5.04. The van der Waals surface area contributed by atoms with Crippen LogP contribution in [0, 0.1) is 0 Å². The quantitative estimate of drug-likeness (QED) is 0.250. The third-order valence-electron chi connectivity index (χ3n) is 5.04. The van der Waals surface area contributed by atoms with Crippen molar-refractivity contribution in [3.8, 4) is 0 Å². The van der Waals surface area contributed by atoms with Gasteiger partial charge in [0.25, 0.3) is 0 Å². The van der Waals surface area contributed by atoms with Crippen molar-refractivity contribution in [1.82, 2.24) is 21.3 Å². The third kappa shape index (κ3) is 7.65. The summed E-state index contributed by atoms with van der Waals surface area (Å²) in [7, 11) is 0. The normalized spacial score (nSPS) is 18.1. The average Bonchev–Trinajstić information content (AvgIpc) is 3.28. The molecule has 11 nitrogen and oxygen atoms in total. The summed E-state index contributed by atoms with van der Waals surface area (Å²) in [6.45, 7) is 2.20. The molecule has 32 heavy (non-hydrogen) atoms. The van der Waals surface area contributed by atoms with Gasteiger partial charge in [-0.1, -0.05) is 30.3 Å². The van der Waals surface area contributed by atoms with E-state index < -0.39 is 48.3 Å². The first-order valence-electron chi connectivity index (χ1n) is 10.3. The van der Waals surface area contributed by atoms with E-state index >= 15 is 0 Å². The van der Waals surface area contributed by atoms with E-state index in [0.29, 0.717) is 12.0 Å². The molecule has 0 bridgehead atoms. The Kier molecular flexibility index (Phi) is 9.14. The van der Waals surface area contributed by atoms with Gasteiger partial charge in [0.1, 0.15) is 18.1 Å². The molecule has 1 heterocycles. The number of carbonyl (C=O) groups excluding carboxylic acids is 3. The number of carboxylic acids is 2. The Hall–Kier alpha value is -3.47. The fourth-order valence-corrected chi connectivity index (χ4v) is 3.29. The fourth-order valence-electron chi connectivity index (χ4n) is 3.29. The number of carboxylic acid groups (broad SMARTS) is 2. The molecule has 0 radical (unpaired) electrons. The molecule has 174 valence electrons. The number of nitrogens with one attached hydrogen (secondary N) is 4. The van der Waals surface area contributed by atoms with Crippen LogP contribution >= 0.6 is 0 Å². The Morgan fingerprint density at radius 1 is 1.00 bits per heavy atom. The van der Waals surface area contributed by atoms with Crippen LogP contribution in [-0.2, 0) is 30.4 Å². The molecule has 0 aliphatic carbocycles. The number of rotatable bonds is 11. The standard InChI is InChI=1S/C21H28N4O7/c1-12(23-19(29)14-8-5-9-22-14)18(28)24-15(10-13-6-3-2-4-7-13)20(30)25-16(21(31)32)11-17(26)27/h2-4,6-7,12,14-16,22H,5,8-11H2,1H3,(H,23,29)(H,24,28)(H,25,30)(H,26,27)(H,31,32). The fraction of sp³-hybridized carbons (Fsp3) is 0.476. The minimum atomic E-state index is -1.65. The number of aliphatic carboxylic acids is 2. The molecule has 0 spiro atoms. The zero-order valence-electron chi connectivity index (χ0n) is 17.7. The lowest BCUT2D eigenvalue weighted by molar-refractivity contribution is -0.147. The summed E-state index contributed by atoms with van der Waals surface area (Å²) in [5.74, 6) is -4.68. The summed E-state index contributed by atoms with van der Waals surface area (Å²) in [5.41, 5.74) is 0.699. The first kappa shape index (κ1) is 24.8. The van der Waals surface area contributed by atoms with E-state index in [1.807, 2.05) is 0 Å². The van der Waals surface area contributed by atoms with Crippen LogP contribution in [0.1, 0.15) is 31.7 Å². The van der Waals surface area contributed by atoms with E-state index in [-0.39, 0.29) is 18.4 Å². The van der Waals surface area contributed by atoms with Gasteiger partial charge in [-0.25, -0.2) is 4.79 Å². The van der Waals surface area contributed by atoms with Crippen molar-refractivity contribution in [3.05, 3.63) is 35.9 Å². The second-order valence-corrected chi connectivity index (χ2v) is 7.63. The lowest BCUT2D eigenvalue weighted by Crippen LogP contribution is -2.57. The van der Waals surface area contributed by atoms with Crippen molar-refractivity contribution in [2.75, 3.05) is 6.54 Å². The lowest BCUT2D eigenvalue weighted by atomic mass is 10.0. The van der Waals surface area contributed by atoms with Gasteiger partial charge in [-0.2, -0.15) is 0 Å². The molecule has 0 saturated carbocycles. The van der Waals surface area contributed by atoms with Gasteiger partial charge >= 0.3 is 11.9 Å². The van der Waals surface area contributed by atoms with Crippen LogP contribution in [0.2, 0.25) is 0 Å². The predicted octanol–water partition coefficient (Wildman–Crippen LogP) is -0.985. The van der Waals surface area contributed by atoms with Gasteiger partial charge < -0.3 is 31.5 Å². The van der Waals surface area contributed by atoms with Gasteiger partial charge in [-0.05, 0) is 31.9 Å². The predicted molar refractivity (Wildman–Crippen MR) is 113 cm³/mol. The number of benzene rings is 1. The zero-order valence-corrected chi connectivity index (χ0v) is 17.7. The maximum Gasteiger partial charge on any atom is 0.326 e. The Morgan fingerprint density at radius 2 is 1.66 bits per heavy atom. The number of carbonyl (C=O) groups is 5. The Morgan fingerprint density at radius 3 is 2.22 bits per heavy atom. The van der Waals surface area contributed by atoms with Crippen molar-refractivity contribution in [2.24, 2.45) is 0 Å². The maximum absolute atomic E-state index is 12.8. The van der Waals surface area contributed by atoms with E-state index in [1.165, 1.54) is 6.92 Å². The smallest absolute Gasteiger partial charge is 0.326 e. The second-order valence-electron chi connectivity index (χ2n) is 7.63. The van der Waals surface area contributed by atoms with Crippen LogP contribution in [0.5, 0.6) is 0 Å². The lowest BCUT2D eigenvalue weighted by Gasteiger charge is -2.23. The summed E-state index contributed by atoms with van der Waals surface area (Å²) in [6, 6.07) is 4.59. The summed E-state index contributed by atoms with van der Waals surface area (Å²) < 4.78 is 0. The SMILES string of the molecule is CC(NC(=O)C1CCCN1)C(=O)NC(Cc1ccccc1)C(=O)NC(CC(=O)O)C(=O)O. The van der Waals surface area contributed by atoms with Crippen LogP contribution in [0.15, 0.2) is 30.3 Å². The Balaban J connectivity index is 2.08. The Bertz CT molecular complexity index is 840. The largest absolute Gasteiger partial charge is 0.481 e. The monoisotopic (exact) mass is 448 g/mol. The number of hydrogen-bond donors (Lipinski definition) is 6. The van der Waals surface area contributed by atoms with Gasteiger partial charge in [-0.3, -0.25) is 19.2 Å². The van der Waals surface area contributed by atoms with Gasteiger partial charge in [-0.15, -0.1) is 0 Å². The minimum Gasteiger partial charge on any atom is -0.481 e. The summed E-state index contributed by atoms with van der Waals surface area (Å²) >= 11 is 0. The highest BCUT2D eigenvalue weighted by Crippen LogP contribution is 2.07. The molecule has 4 atom stereocenters. The molecule has 1 saturated heterocycles. The molecule has 3 amide bonds. The molecule has 1 aromatic carbocycles. The maximum atomic E-state index is 12.8. The van der Waals surface area contributed by atoms with Crippen molar-refractivity contribution in [3.63, 3.8) is 0 Å². The molecule has 1 aromatic rings. The molecule has 4 unspecified atom stereocenters. The van der Waals surface area contributed by atoms with E-state index in [2.05, 4.69) is 21.3 Å². The van der Waals surface area contributed by atoms with Crippen LogP contribution in [0.3, 0.4) is 0 Å². The van der Waals surface area contributed by atoms with E-state index in [0.717, 1.165) is 13.0 Å². The van der Waals surface area contributed by atoms with Gasteiger partial charge in [0, 0.05) is 6.42 Å². The molecular weight excluding hydrogens is 420 g/mol. The van der Waals surface area contributed by atoms with E-state index in [9.17, 15) is 29.1 Å². The minimum absolute atomic E-state index is 0.0443. The van der Waals surface area contributed by atoms with Gasteiger partial charge in [0.05, 0.1) is 12.5 Å². The van der Waals surface area contributed by atoms with Crippen molar-refractivity contribution in [1.29, 1.82) is 0 Å². The summed E-state index contributed by atoms with van der Waals surface area (Å²) in [5, 5.41) is 28.4. The van der Waals surface area contributed by atoms with Crippen LogP contribution in [0.25, 0.3) is 0 Å². The first-order chi connectivity index (χ1) is 15.2. The molecule has 1 aliphatic heterocycles. The first-order valence-corrected chi connectivity index (χ1v) is 10.3. The average molecular weight is 448 g/mol. The highest BCUT2D eigenvalue weighted by molar-refractivity contribution is 5.94. The highest BCUT2D eigenvalue weighted by Gasteiger charge is 2.30. The van der Waals surface area contributed by atoms with Crippen molar-refractivity contribution >= 4 is 29.7 Å². The van der Waals surface area contributed by atoms with Crippen molar-refractivity contribution in [2.45, 2.75) is 56.8 Å². The van der Waals surface area contributed by atoms with Gasteiger partial charge in [0.2, 0.25) is 17.7 Å². The molecule has 0 aromatic heterocycles. The topological polar surface area (TPSA) is 174 Å². The van der Waals surface area contributed by atoms with Crippen molar-refractivity contribution < 1.29 is 34.2 Å². The molecule has 6 N–H and O–H groups in total. The molecule has 1 fully saturated rings. The second kappa shape index (κ2) is 11.8. The number of amides is 3. The summed E-state index contributed by atoms with van der Waals surface area (Å²) in [4.78, 5) is 59.9. The van der Waals surface area contributed by atoms with Crippen LogP contribution in [0.4, 0.5) is 0 Å². The highest BCUT2D eigenvalue weighted by atomic mass is 16.4. The van der Waals surface area contributed by atoms with Crippen LogP contribution in [-0.4, -0.2) is 70.6 Å². The molecular formula is C21H28N4O7. The Labute approximate surface area is 184 Å². The molecule has 11 heteroatoms. The zero-order chi connectivity index (χ0) is 23.7. The number of hydrogen-bond acceptors (Lipinski definition) is 6. The molecule has 1 aliphatic rings. The molecule has 2 rings (SSSR count). The van der Waals surface area contributed by atoms with Crippen LogP contribution < -0.4 is 21.3 Å². The van der Waals surface area contributed by atoms with E-state index in [1.54, 1.807) is 30.3 Å². The van der Waals surface area contributed by atoms with E-state index in [4.69, 9.17) is 5.11 Å². The van der Waals surface area contributed by atoms with Gasteiger partial charge in [0.15, 0.2) is 0 Å². The summed E-state index contributed by atoms with van der Waals surface area (Å²) in [6.07, 6.45) is 0.759.